The first kappa shape index (κ1) is 22.2. The quantitative estimate of drug-likeness (QED) is 0.770. The molecule has 1 N–H and O–H groups in total. The van der Waals surface area contributed by atoms with Crippen molar-refractivity contribution < 1.29 is 22.8 Å². The second-order valence-electron chi connectivity index (χ2n) is 8.69. The summed E-state index contributed by atoms with van der Waals surface area (Å²) in [5, 5.41) is 2.92. The van der Waals surface area contributed by atoms with Gasteiger partial charge in [0.05, 0.1) is 0 Å². The maximum atomic E-state index is 12.7. The number of carbonyl (C=O) groups excluding carboxylic acids is 2. The Morgan fingerprint density at radius 1 is 0.969 bits per heavy atom. The fourth-order valence-electron chi connectivity index (χ4n) is 4.67. The number of hydrogen-bond acceptors (Lipinski definition) is 2. The number of aryl methyl sites for hydroxylation is 1. The summed E-state index contributed by atoms with van der Waals surface area (Å²) in [6, 6.07) is 15.9. The van der Waals surface area contributed by atoms with E-state index >= 15 is 0 Å². The van der Waals surface area contributed by atoms with Crippen LogP contribution < -0.4 is 5.32 Å². The molecule has 170 valence electrons. The zero-order chi connectivity index (χ0) is 22.9. The van der Waals surface area contributed by atoms with Crippen LogP contribution in [-0.4, -0.2) is 54.1 Å². The van der Waals surface area contributed by atoms with Gasteiger partial charge >= 0.3 is 18.1 Å². The highest BCUT2D eigenvalue weighted by Gasteiger charge is 2.48. The van der Waals surface area contributed by atoms with Crippen molar-refractivity contribution in [1.82, 2.24) is 15.1 Å². The molecule has 0 spiro atoms. The summed E-state index contributed by atoms with van der Waals surface area (Å²) >= 11 is 0. The summed E-state index contributed by atoms with van der Waals surface area (Å²) < 4.78 is 38.2. The van der Waals surface area contributed by atoms with Gasteiger partial charge in [0.25, 0.3) is 0 Å². The van der Waals surface area contributed by atoms with E-state index in [0.29, 0.717) is 26.1 Å². The molecule has 0 aromatic heterocycles. The number of halogens is 3. The van der Waals surface area contributed by atoms with Gasteiger partial charge in [-0.15, -0.1) is 0 Å². The topological polar surface area (TPSA) is 52.7 Å². The van der Waals surface area contributed by atoms with Crippen LogP contribution >= 0.6 is 0 Å². The van der Waals surface area contributed by atoms with Gasteiger partial charge in [0.15, 0.2) is 0 Å². The smallest absolute Gasteiger partial charge is 0.334 e. The van der Waals surface area contributed by atoms with E-state index in [0.717, 1.165) is 21.6 Å². The van der Waals surface area contributed by atoms with Crippen molar-refractivity contribution in [2.24, 2.45) is 11.8 Å². The lowest BCUT2D eigenvalue weighted by Crippen LogP contribution is -2.47. The molecule has 0 bridgehead atoms. The molecule has 2 heterocycles. The van der Waals surface area contributed by atoms with Crippen molar-refractivity contribution in [2.45, 2.75) is 26.1 Å². The molecule has 2 aromatic rings. The van der Waals surface area contributed by atoms with Crippen LogP contribution in [0.15, 0.2) is 48.5 Å². The highest BCUT2D eigenvalue weighted by molar-refractivity contribution is 5.82. The number of piperidine rings is 1. The number of rotatable bonds is 3. The van der Waals surface area contributed by atoms with Gasteiger partial charge in [-0.3, -0.25) is 4.79 Å². The van der Waals surface area contributed by atoms with E-state index in [1.165, 1.54) is 5.56 Å². The molecule has 0 saturated carbocycles. The summed E-state index contributed by atoms with van der Waals surface area (Å²) in [6.45, 7) is 3.41. The zero-order valence-corrected chi connectivity index (χ0v) is 17.9. The first-order chi connectivity index (χ1) is 15.2. The van der Waals surface area contributed by atoms with Crippen LogP contribution in [0.1, 0.15) is 17.5 Å². The largest absolute Gasteiger partial charge is 0.471 e. The van der Waals surface area contributed by atoms with Crippen molar-refractivity contribution in [1.29, 1.82) is 0 Å². The zero-order valence-electron chi connectivity index (χ0n) is 17.9. The molecule has 0 radical (unpaired) electrons. The number of likely N-dealkylation sites (tertiary alicyclic amines) is 2. The lowest BCUT2D eigenvalue weighted by Gasteiger charge is -2.34. The molecule has 32 heavy (non-hydrogen) atoms. The van der Waals surface area contributed by atoms with Gasteiger partial charge in [-0.25, -0.2) is 4.79 Å². The Kier molecular flexibility index (Phi) is 6.13. The number of urea groups is 1. The maximum Gasteiger partial charge on any atom is 0.471 e. The standard InChI is InChI=1S/C24H26F3N3O2/c1-16-4-2-6-18(10-16)19-7-3-5-17(11-19)12-28-23(32)29-9-8-20-13-30(15-21(20)14-29)22(31)24(25,26)27/h2-7,10-11,20-21H,8-9,12-15H2,1H3,(H,28,32). The molecule has 2 unspecified atom stereocenters. The van der Waals surface area contributed by atoms with Gasteiger partial charge in [0.1, 0.15) is 0 Å². The molecule has 2 fully saturated rings. The van der Waals surface area contributed by atoms with Crippen molar-refractivity contribution in [2.75, 3.05) is 26.2 Å². The van der Waals surface area contributed by atoms with E-state index in [9.17, 15) is 22.8 Å². The van der Waals surface area contributed by atoms with Crippen molar-refractivity contribution in [3.05, 3.63) is 59.7 Å². The third-order valence-corrected chi connectivity index (χ3v) is 6.34. The SMILES string of the molecule is Cc1cccc(-c2cccc(CNC(=O)N3CCC4CN(C(=O)C(F)(F)F)CC4C3)c2)c1. The van der Waals surface area contributed by atoms with E-state index in [1.54, 1.807) is 4.90 Å². The predicted octanol–water partition coefficient (Wildman–Crippen LogP) is 4.21. The first-order valence-electron chi connectivity index (χ1n) is 10.8. The van der Waals surface area contributed by atoms with Crippen LogP contribution in [0.25, 0.3) is 11.1 Å². The Morgan fingerprint density at radius 2 is 1.62 bits per heavy atom. The van der Waals surface area contributed by atoms with Crippen molar-refractivity contribution in [3.8, 4) is 11.1 Å². The number of carbonyl (C=O) groups is 2. The third kappa shape index (κ3) is 4.89. The molecular formula is C24H26F3N3O2. The minimum absolute atomic E-state index is 0.0105. The summed E-state index contributed by atoms with van der Waals surface area (Å²) in [7, 11) is 0. The van der Waals surface area contributed by atoms with Crippen LogP contribution in [0.5, 0.6) is 0 Å². The van der Waals surface area contributed by atoms with Gasteiger partial charge in [0.2, 0.25) is 0 Å². The summed E-state index contributed by atoms with van der Waals surface area (Å²) in [5.74, 6) is -1.89. The first-order valence-corrected chi connectivity index (χ1v) is 10.8. The average molecular weight is 445 g/mol. The number of amides is 3. The van der Waals surface area contributed by atoms with Crippen molar-refractivity contribution in [3.63, 3.8) is 0 Å². The average Bonchev–Trinajstić information content (AvgIpc) is 3.19. The summed E-state index contributed by atoms with van der Waals surface area (Å²) in [5.41, 5.74) is 4.32. The molecule has 8 heteroatoms. The van der Waals surface area contributed by atoms with Gasteiger partial charge in [-0.05, 0) is 47.9 Å². The summed E-state index contributed by atoms with van der Waals surface area (Å²) in [6.07, 6.45) is -4.25. The lowest BCUT2D eigenvalue weighted by atomic mass is 9.89. The van der Waals surface area contributed by atoms with E-state index in [2.05, 4.69) is 11.4 Å². The van der Waals surface area contributed by atoms with E-state index in [-0.39, 0.29) is 31.0 Å². The molecule has 2 aliphatic rings. The lowest BCUT2D eigenvalue weighted by molar-refractivity contribution is -0.184. The number of alkyl halides is 3. The molecule has 2 saturated heterocycles. The highest BCUT2D eigenvalue weighted by Crippen LogP contribution is 2.33. The maximum absolute atomic E-state index is 12.7. The van der Waals surface area contributed by atoms with Gasteiger partial charge < -0.3 is 15.1 Å². The van der Waals surface area contributed by atoms with E-state index < -0.39 is 12.1 Å². The van der Waals surface area contributed by atoms with Crippen LogP contribution in [0, 0.1) is 18.8 Å². The Hall–Kier alpha value is -3.03. The number of nitrogens with one attached hydrogen (secondary N) is 1. The van der Waals surface area contributed by atoms with Crippen molar-refractivity contribution >= 4 is 11.9 Å². The second kappa shape index (κ2) is 8.84. The number of nitrogens with zero attached hydrogens (tertiary/aromatic N) is 2. The van der Waals surface area contributed by atoms with Gasteiger partial charge in [0, 0.05) is 32.7 Å². The van der Waals surface area contributed by atoms with Crippen LogP contribution in [0.3, 0.4) is 0 Å². The molecule has 5 nitrogen and oxygen atoms in total. The molecule has 4 rings (SSSR count). The fourth-order valence-corrected chi connectivity index (χ4v) is 4.67. The molecule has 0 aliphatic carbocycles. The number of hydrogen-bond donors (Lipinski definition) is 1. The van der Waals surface area contributed by atoms with E-state index in [4.69, 9.17) is 0 Å². The Labute approximate surface area is 185 Å². The monoisotopic (exact) mass is 445 g/mol. The molecule has 3 amide bonds. The van der Waals surface area contributed by atoms with Crippen LogP contribution in [-0.2, 0) is 11.3 Å². The minimum Gasteiger partial charge on any atom is -0.334 e. The number of benzene rings is 2. The molecule has 2 aromatic carbocycles. The number of fused-ring (bicyclic) bond motifs is 1. The second-order valence-corrected chi connectivity index (χ2v) is 8.69. The van der Waals surface area contributed by atoms with Crippen LogP contribution in [0.4, 0.5) is 18.0 Å². The minimum atomic E-state index is -4.85. The van der Waals surface area contributed by atoms with E-state index in [1.807, 2.05) is 49.4 Å². The normalized spacial score (nSPS) is 20.8. The fraction of sp³-hybridized carbons (Fsp3) is 0.417. The molecule has 2 aliphatic heterocycles. The molecule has 2 atom stereocenters. The van der Waals surface area contributed by atoms with Gasteiger partial charge in [-0.1, -0.05) is 48.0 Å². The van der Waals surface area contributed by atoms with Crippen LogP contribution in [0.2, 0.25) is 0 Å². The Bertz CT molecular complexity index is 1010. The predicted molar refractivity (Wildman–Crippen MR) is 115 cm³/mol. The highest BCUT2D eigenvalue weighted by atomic mass is 19.4. The van der Waals surface area contributed by atoms with Gasteiger partial charge in [-0.2, -0.15) is 13.2 Å². The third-order valence-electron chi connectivity index (χ3n) is 6.34. The Morgan fingerprint density at radius 3 is 2.34 bits per heavy atom. The summed E-state index contributed by atoms with van der Waals surface area (Å²) in [4.78, 5) is 26.8. The Balaban J connectivity index is 1.33. The molecular weight excluding hydrogens is 419 g/mol.